The standard InChI is InChI=1S/C9H10ClNO2/c1-6(11-12)8-5-7(10)3-4-9(8)13-2/h3-5,12H,1-2H3/b11-6+. The van der Waals surface area contributed by atoms with Gasteiger partial charge in [0.2, 0.25) is 0 Å². The largest absolute Gasteiger partial charge is 0.496 e. The number of nitrogens with zero attached hydrogens (tertiary/aromatic N) is 1. The highest BCUT2D eigenvalue weighted by molar-refractivity contribution is 6.31. The summed E-state index contributed by atoms with van der Waals surface area (Å²) in [7, 11) is 1.55. The molecule has 0 aliphatic carbocycles. The molecule has 0 heterocycles. The molecule has 3 nitrogen and oxygen atoms in total. The van der Waals surface area contributed by atoms with E-state index in [4.69, 9.17) is 21.5 Å². The summed E-state index contributed by atoms with van der Waals surface area (Å²) in [5, 5.41) is 12.3. The Kier molecular flexibility index (Phi) is 3.14. The number of hydrogen-bond donors (Lipinski definition) is 1. The van der Waals surface area contributed by atoms with E-state index < -0.39 is 0 Å². The molecule has 0 fully saturated rings. The summed E-state index contributed by atoms with van der Waals surface area (Å²) in [5.74, 6) is 0.639. The zero-order valence-corrected chi connectivity index (χ0v) is 8.17. The van der Waals surface area contributed by atoms with Gasteiger partial charge in [-0.1, -0.05) is 16.8 Å². The zero-order chi connectivity index (χ0) is 9.84. The molecule has 0 bridgehead atoms. The third-order valence-corrected chi connectivity index (χ3v) is 1.94. The fourth-order valence-corrected chi connectivity index (χ4v) is 1.19. The number of benzene rings is 1. The van der Waals surface area contributed by atoms with Gasteiger partial charge in [-0.25, -0.2) is 0 Å². The van der Waals surface area contributed by atoms with Crippen LogP contribution in [0.4, 0.5) is 0 Å². The fourth-order valence-electron chi connectivity index (χ4n) is 1.02. The Morgan fingerprint density at radius 2 is 2.23 bits per heavy atom. The zero-order valence-electron chi connectivity index (χ0n) is 7.41. The Morgan fingerprint density at radius 3 is 2.77 bits per heavy atom. The van der Waals surface area contributed by atoms with Crippen molar-refractivity contribution in [1.29, 1.82) is 0 Å². The Labute approximate surface area is 81.6 Å². The van der Waals surface area contributed by atoms with Crippen molar-refractivity contribution < 1.29 is 9.94 Å². The molecule has 0 spiro atoms. The molecular formula is C9H10ClNO2. The predicted octanol–water partition coefficient (Wildman–Crippen LogP) is 2.55. The van der Waals surface area contributed by atoms with Crippen molar-refractivity contribution in [2.24, 2.45) is 5.16 Å². The average molecular weight is 200 g/mol. The smallest absolute Gasteiger partial charge is 0.128 e. The molecule has 1 N–H and O–H groups in total. The van der Waals surface area contributed by atoms with Crippen LogP contribution >= 0.6 is 11.6 Å². The van der Waals surface area contributed by atoms with E-state index in [9.17, 15) is 0 Å². The van der Waals surface area contributed by atoms with Crippen molar-refractivity contribution in [2.45, 2.75) is 6.92 Å². The average Bonchev–Trinajstić information content (AvgIpc) is 2.16. The molecule has 1 rings (SSSR count). The van der Waals surface area contributed by atoms with Crippen LogP contribution < -0.4 is 4.74 Å². The number of halogens is 1. The Hall–Kier alpha value is -1.22. The molecule has 0 saturated carbocycles. The van der Waals surface area contributed by atoms with E-state index in [1.54, 1.807) is 32.2 Å². The van der Waals surface area contributed by atoms with Gasteiger partial charge in [0.05, 0.1) is 12.8 Å². The van der Waals surface area contributed by atoms with Crippen LogP contribution in [-0.2, 0) is 0 Å². The maximum Gasteiger partial charge on any atom is 0.128 e. The number of rotatable bonds is 2. The van der Waals surface area contributed by atoms with E-state index >= 15 is 0 Å². The first-order chi connectivity index (χ1) is 6.19. The summed E-state index contributed by atoms with van der Waals surface area (Å²) in [4.78, 5) is 0. The lowest BCUT2D eigenvalue weighted by Crippen LogP contribution is -1.98. The fraction of sp³-hybridized carbons (Fsp3) is 0.222. The Morgan fingerprint density at radius 1 is 1.54 bits per heavy atom. The Bertz CT molecular complexity index is 336. The SMILES string of the molecule is COc1ccc(Cl)cc1/C(C)=N/O. The first kappa shape index (κ1) is 9.86. The van der Waals surface area contributed by atoms with Gasteiger partial charge in [-0.15, -0.1) is 0 Å². The number of methoxy groups -OCH3 is 1. The summed E-state index contributed by atoms with van der Waals surface area (Å²) < 4.78 is 5.07. The van der Waals surface area contributed by atoms with Crippen LogP contribution in [-0.4, -0.2) is 18.0 Å². The second-order valence-corrected chi connectivity index (χ2v) is 2.97. The van der Waals surface area contributed by atoms with E-state index in [1.807, 2.05) is 0 Å². The van der Waals surface area contributed by atoms with Crippen molar-refractivity contribution in [3.63, 3.8) is 0 Å². The summed E-state index contributed by atoms with van der Waals surface area (Å²) in [5.41, 5.74) is 1.16. The lowest BCUT2D eigenvalue weighted by atomic mass is 10.1. The van der Waals surface area contributed by atoms with Gasteiger partial charge in [0.1, 0.15) is 5.75 Å². The van der Waals surface area contributed by atoms with E-state index in [0.717, 1.165) is 0 Å². The monoisotopic (exact) mass is 199 g/mol. The van der Waals surface area contributed by atoms with Crippen molar-refractivity contribution in [1.82, 2.24) is 0 Å². The third-order valence-electron chi connectivity index (χ3n) is 1.70. The van der Waals surface area contributed by atoms with Gasteiger partial charge in [-0.3, -0.25) is 0 Å². The van der Waals surface area contributed by atoms with E-state index in [1.165, 1.54) is 0 Å². The summed E-state index contributed by atoms with van der Waals surface area (Å²) >= 11 is 5.78. The molecule has 0 aliphatic rings. The highest BCUT2D eigenvalue weighted by Crippen LogP contribution is 2.23. The van der Waals surface area contributed by atoms with Crippen LogP contribution in [0.15, 0.2) is 23.4 Å². The van der Waals surface area contributed by atoms with Gasteiger partial charge in [-0.2, -0.15) is 0 Å². The van der Waals surface area contributed by atoms with Gasteiger partial charge in [0, 0.05) is 10.6 Å². The molecule has 0 unspecified atom stereocenters. The van der Waals surface area contributed by atoms with Gasteiger partial charge < -0.3 is 9.94 Å². The molecule has 4 heteroatoms. The molecule has 0 radical (unpaired) electrons. The summed E-state index contributed by atoms with van der Waals surface area (Å²) in [6.45, 7) is 1.67. The number of hydrogen-bond acceptors (Lipinski definition) is 3. The van der Waals surface area contributed by atoms with Crippen LogP contribution in [0.3, 0.4) is 0 Å². The third kappa shape index (κ3) is 2.12. The van der Waals surface area contributed by atoms with E-state index in [-0.39, 0.29) is 0 Å². The highest BCUT2D eigenvalue weighted by atomic mass is 35.5. The van der Waals surface area contributed by atoms with Gasteiger partial charge in [0.25, 0.3) is 0 Å². The number of oxime groups is 1. The van der Waals surface area contributed by atoms with Gasteiger partial charge >= 0.3 is 0 Å². The normalized spacial score (nSPS) is 11.5. The maximum absolute atomic E-state index is 8.59. The molecule has 0 aromatic heterocycles. The van der Waals surface area contributed by atoms with Crippen molar-refractivity contribution in [3.8, 4) is 5.75 Å². The first-order valence-corrected chi connectivity index (χ1v) is 4.09. The molecule has 13 heavy (non-hydrogen) atoms. The van der Waals surface area contributed by atoms with Crippen LogP contribution in [0.2, 0.25) is 5.02 Å². The quantitative estimate of drug-likeness (QED) is 0.452. The maximum atomic E-state index is 8.59. The molecule has 1 aromatic rings. The van der Waals surface area contributed by atoms with Crippen molar-refractivity contribution in [3.05, 3.63) is 28.8 Å². The molecule has 1 aromatic carbocycles. The van der Waals surface area contributed by atoms with E-state index in [2.05, 4.69) is 5.16 Å². The lowest BCUT2D eigenvalue weighted by molar-refractivity contribution is 0.318. The number of ether oxygens (including phenoxy) is 1. The molecular weight excluding hydrogens is 190 g/mol. The first-order valence-electron chi connectivity index (χ1n) is 3.71. The van der Waals surface area contributed by atoms with Crippen LogP contribution in [0.25, 0.3) is 0 Å². The lowest BCUT2D eigenvalue weighted by Gasteiger charge is -2.06. The van der Waals surface area contributed by atoms with Crippen LogP contribution in [0.1, 0.15) is 12.5 Å². The molecule has 0 saturated heterocycles. The second kappa shape index (κ2) is 4.14. The van der Waals surface area contributed by atoms with Crippen molar-refractivity contribution in [2.75, 3.05) is 7.11 Å². The van der Waals surface area contributed by atoms with Gasteiger partial charge in [0.15, 0.2) is 0 Å². The van der Waals surface area contributed by atoms with Gasteiger partial charge in [-0.05, 0) is 25.1 Å². The molecule has 0 amide bonds. The highest BCUT2D eigenvalue weighted by Gasteiger charge is 2.06. The Balaban J connectivity index is 3.23. The van der Waals surface area contributed by atoms with E-state index in [0.29, 0.717) is 22.0 Å². The topological polar surface area (TPSA) is 41.8 Å². The molecule has 70 valence electrons. The summed E-state index contributed by atoms with van der Waals surface area (Å²) in [6.07, 6.45) is 0. The molecule has 0 atom stereocenters. The van der Waals surface area contributed by atoms with Crippen LogP contribution in [0.5, 0.6) is 5.75 Å². The van der Waals surface area contributed by atoms with Crippen LogP contribution in [0, 0.1) is 0 Å². The second-order valence-electron chi connectivity index (χ2n) is 2.53. The minimum absolute atomic E-state index is 0.472. The minimum Gasteiger partial charge on any atom is -0.496 e. The predicted molar refractivity (Wildman–Crippen MR) is 52.0 cm³/mol. The van der Waals surface area contributed by atoms with Crippen molar-refractivity contribution >= 4 is 17.3 Å². The molecule has 0 aliphatic heterocycles. The summed E-state index contributed by atoms with van der Waals surface area (Å²) in [6, 6.07) is 5.14. The minimum atomic E-state index is 0.472.